The number of hydrogen-bond acceptors (Lipinski definition) is 8. The number of azo groups is 1. The Balaban J connectivity index is 1.80. The smallest absolute Gasteiger partial charge is 0.267 e. The van der Waals surface area contributed by atoms with Crippen LogP contribution in [-0.4, -0.2) is 33.5 Å². The molecule has 1 aliphatic heterocycles. The molecule has 1 aromatic carbocycles. The van der Waals surface area contributed by atoms with Gasteiger partial charge < -0.3 is 15.4 Å². The van der Waals surface area contributed by atoms with E-state index in [4.69, 9.17) is 0 Å². The fourth-order valence-corrected chi connectivity index (χ4v) is 2.21. The largest absolute Gasteiger partial charge is 0.493 e. The SMILES string of the molecule is O=C(Nc1ccc(C2=NCN=N2)cc1)c1c(O)nc(CS)[nH]c1=O. The second-order valence-electron chi connectivity index (χ2n) is 4.77. The minimum Gasteiger partial charge on any atom is -0.493 e. The van der Waals surface area contributed by atoms with Gasteiger partial charge in [-0.15, -0.1) is 5.11 Å². The molecule has 2 heterocycles. The Morgan fingerprint density at radius 2 is 2.08 bits per heavy atom. The quantitative estimate of drug-likeness (QED) is 0.623. The predicted octanol–water partition coefficient (Wildman–Crippen LogP) is 1.33. The molecule has 122 valence electrons. The lowest BCUT2D eigenvalue weighted by Gasteiger charge is -2.07. The summed E-state index contributed by atoms with van der Waals surface area (Å²) in [5.41, 5.74) is 0.00562. The third-order valence-corrected chi connectivity index (χ3v) is 3.48. The molecule has 0 saturated carbocycles. The van der Waals surface area contributed by atoms with Crippen LogP contribution in [0.1, 0.15) is 21.7 Å². The van der Waals surface area contributed by atoms with Gasteiger partial charge in [0.2, 0.25) is 5.88 Å². The van der Waals surface area contributed by atoms with Gasteiger partial charge in [-0.05, 0) is 24.3 Å². The fourth-order valence-electron chi connectivity index (χ4n) is 2.06. The summed E-state index contributed by atoms with van der Waals surface area (Å²) in [6, 6.07) is 6.69. The van der Waals surface area contributed by atoms with Crippen LogP contribution in [-0.2, 0) is 5.75 Å². The van der Waals surface area contributed by atoms with Crippen molar-refractivity contribution in [2.45, 2.75) is 5.75 Å². The average Bonchev–Trinajstić information content (AvgIpc) is 3.09. The number of benzene rings is 1. The van der Waals surface area contributed by atoms with E-state index >= 15 is 0 Å². The molecule has 3 rings (SSSR count). The van der Waals surface area contributed by atoms with E-state index in [2.05, 4.69) is 43.1 Å². The van der Waals surface area contributed by atoms with Crippen LogP contribution in [0.5, 0.6) is 5.88 Å². The van der Waals surface area contributed by atoms with E-state index in [-0.39, 0.29) is 11.6 Å². The van der Waals surface area contributed by atoms with Crippen molar-refractivity contribution in [1.82, 2.24) is 9.97 Å². The molecule has 0 unspecified atom stereocenters. The number of amides is 1. The summed E-state index contributed by atoms with van der Waals surface area (Å²) in [4.78, 5) is 34.2. The third-order valence-electron chi connectivity index (χ3n) is 3.18. The normalized spacial score (nSPS) is 13.0. The molecule has 0 fully saturated rings. The lowest BCUT2D eigenvalue weighted by atomic mass is 10.2. The number of hydrogen-bond donors (Lipinski definition) is 4. The van der Waals surface area contributed by atoms with Crippen molar-refractivity contribution < 1.29 is 9.90 Å². The number of aromatic nitrogens is 2. The fraction of sp³-hybridized carbons (Fsp3) is 0.143. The Hall–Kier alpha value is -3.01. The van der Waals surface area contributed by atoms with Gasteiger partial charge in [0.25, 0.3) is 11.5 Å². The number of amidine groups is 1. The van der Waals surface area contributed by atoms with E-state index in [1.54, 1.807) is 24.3 Å². The number of anilines is 1. The van der Waals surface area contributed by atoms with Crippen LogP contribution in [0.2, 0.25) is 0 Å². The molecular formula is C14H12N6O3S. The number of carbonyl (C=O) groups is 1. The topological polar surface area (TPSA) is 132 Å². The summed E-state index contributed by atoms with van der Waals surface area (Å²) in [6.45, 7) is 0.311. The second kappa shape index (κ2) is 6.62. The Labute approximate surface area is 141 Å². The van der Waals surface area contributed by atoms with E-state index in [0.717, 1.165) is 5.56 Å². The molecule has 0 atom stereocenters. The molecule has 0 aliphatic carbocycles. The van der Waals surface area contributed by atoms with Crippen LogP contribution in [0.25, 0.3) is 0 Å². The minimum atomic E-state index is -0.766. The number of aliphatic imine (C=N–C) groups is 1. The van der Waals surface area contributed by atoms with Gasteiger partial charge in [0, 0.05) is 17.0 Å². The van der Waals surface area contributed by atoms with Crippen molar-refractivity contribution >= 4 is 30.1 Å². The lowest BCUT2D eigenvalue weighted by Crippen LogP contribution is -2.25. The molecule has 10 heteroatoms. The number of aromatic amines is 1. The number of rotatable bonds is 4. The first-order valence-electron chi connectivity index (χ1n) is 6.85. The number of thiol groups is 1. The molecule has 0 bridgehead atoms. The molecule has 1 aliphatic rings. The van der Waals surface area contributed by atoms with Gasteiger partial charge in [-0.1, -0.05) is 0 Å². The Kier molecular flexibility index (Phi) is 4.38. The summed E-state index contributed by atoms with van der Waals surface area (Å²) in [6.07, 6.45) is 0. The predicted molar refractivity (Wildman–Crippen MR) is 89.9 cm³/mol. The third kappa shape index (κ3) is 3.18. The number of nitrogens with zero attached hydrogens (tertiary/aromatic N) is 4. The van der Waals surface area contributed by atoms with E-state index in [1.807, 2.05) is 0 Å². The maximum atomic E-state index is 12.2. The highest BCUT2D eigenvalue weighted by Crippen LogP contribution is 2.16. The van der Waals surface area contributed by atoms with Crippen molar-refractivity contribution in [2.24, 2.45) is 15.2 Å². The average molecular weight is 344 g/mol. The van der Waals surface area contributed by atoms with Crippen molar-refractivity contribution in [2.75, 3.05) is 12.0 Å². The van der Waals surface area contributed by atoms with Gasteiger partial charge in [0.05, 0.1) is 0 Å². The highest BCUT2D eigenvalue weighted by Gasteiger charge is 2.19. The highest BCUT2D eigenvalue weighted by atomic mass is 32.1. The van der Waals surface area contributed by atoms with E-state index in [1.165, 1.54) is 0 Å². The minimum absolute atomic E-state index is 0.132. The van der Waals surface area contributed by atoms with Gasteiger partial charge in [-0.3, -0.25) is 9.59 Å². The standard InChI is InChI=1S/C14H12N6O3S/c21-12(10-13(22)18-9(5-24)19-14(10)23)17-8-3-1-7(2-4-8)11-15-6-16-20-11/h1-4,24H,5-6H2,(H,17,21)(H2,18,19,22,23). The summed E-state index contributed by atoms with van der Waals surface area (Å²) in [5.74, 6) is -0.579. The maximum Gasteiger partial charge on any atom is 0.267 e. The van der Waals surface area contributed by atoms with Crippen LogP contribution in [0, 0.1) is 0 Å². The van der Waals surface area contributed by atoms with Crippen LogP contribution in [0.4, 0.5) is 5.69 Å². The Morgan fingerprint density at radius 1 is 1.33 bits per heavy atom. The van der Waals surface area contributed by atoms with E-state index < -0.39 is 22.9 Å². The maximum absolute atomic E-state index is 12.2. The lowest BCUT2D eigenvalue weighted by molar-refractivity contribution is 0.102. The molecule has 2 aromatic rings. The van der Waals surface area contributed by atoms with Crippen LogP contribution >= 0.6 is 12.6 Å². The summed E-state index contributed by atoms with van der Waals surface area (Å²) >= 11 is 3.95. The summed E-state index contributed by atoms with van der Waals surface area (Å²) in [7, 11) is 0. The van der Waals surface area contributed by atoms with Gasteiger partial charge >= 0.3 is 0 Å². The van der Waals surface area contributed by atoms with Gasteiger partial charge in [0.1, 0.15) is 5.82 Å². The Bertz CT molecular complexity index is 904. The Morgan fingerprint density at radius 3 is 2.67 bits per heavy atom. The molecule has 0 radical (unpaired) electrons. The van der Waals surface area contributed by atoms with Gasteiger partial charge in [-0.25, -0.2) is 4.99 Å². The van der Waals surface area contributed by atoms with Crippen LogP contribution < -0.4 is 10.9 Å². The van der Waals surface area contributed by atoms with Crippen LogP contribution in [0.15, 0.2) is 44.3 Å². The van der Waals surface area contributed by atoms with Gasteiger partial charge in [0.15, 0.2) is 18.1 Å². The molecule has 0 spiro atoms. The molecule has 9 nitrogen and oxygen atoms in total. The molecule has 1 aromatic heterocycles. The first-order valence-corrected chi connectivity index (χ1v) is 7.48. The van der Waals surface area contributed by atoms with E-state index in [0.29, 0.717) is 18.2 Å². The molecule has 24 heavy (non-hydrogen) atoms. The molecule has 0 saturated heterocycles. The summed E-state index contributed by atoms with van der Waals surface area (Å²) in [5, 5.41) is 19.9. The number of aromatic hydroxyl groups is 1. The van der Waals surface area contributed by atoms with Crippen molar-refractivity contribution in [1.29, 1.82) is 0 Å². The van der Waals surface area contributed by atoms with Crippen molar-refractivity contribution in [3.05, 3.63) is 51.6 Å². The zero-order valence-corrected chi connectivity index (χ0v) is 13.1. The monoisotopic (exact) mass is 344 g/mol. The highest BCUT2D eigenvalue weighted by molar-refractivity contribution is 7.79. The first kappa shape index (κ1) is 15.9. The molecule has 3 N–H and O–H groups in total. The zero-order valence-electron chi connectivity index (χ0n) is 12.2. The van der Waals surface area contributed by atoms with Crippen molar-refractivity contribution in [3.63, 3.8) is 0 Å². The molecular weight excluding hydrogens is 332 g/mol. The molecule has 1 amide bonds. The van der Waals surface area contributed by atoms with Crippen molar-refractivity contribution in [3.8, 4) is 5.88 Å². The zero-order chi connectivity index (χ0) is 17.1. The van der Waals surface area contributed by atoms with Gasteiger partial charge in [-0.2, -0.15) is 22.7 Å². The number of carbonyl (C=O) groups excluding carboxylic acids is 1. The second-order valence-corrected chi connectivity index (χ2v) is 5.08. The van der Waals surface area contributed by atoms with E-state index in [9.17, 15) is 14.7 Å². The number of nitrogens with one attached hydrogen (secondary N) is 2. The first-order chi connectivity index (χ1) is 11.6. The summed E-state index contributed by atoms with van der Waals surface area (Å²) < 4.78 is 0. The number of H-pyrrole nitrogens is 1. The van der Waals surface area contributed by atoms with Crippen LogP contribution in [0.3, 0.4) is 0 Å².